The number of nitrogens with two attached hydrogens (primary N) is 1. The van der Waals surface area contributed by atoms with Crippen LogP contribution in [0.3, 0.4) is 0 Å². The Morgan fingerprint density at radius 2 is 1.87 bits per heavy atom. The van der Waals surface area contributed by atoms with E-state index in [1.54, 1.807) is 35.8 Å². The number of halogens is 1. The fraction of sp³-hybridized carbons (Fsp3) is 0.483. The molecule has 3 atom stereocenters. The summed E-state index contributed by atoms with van der Waals surface area (Å²) < 4.78 is 19.0. The molecule has 0 aliphatic carbocycles. The van der Waals surface area contributed by atoms with E-state index in [0.717, 1.165) is 11.1 Å². The first-order valence-corrected chi connectivity index (χ1v) is 13.0. The van der Waals surface area contributed by atoms with Gasteiger partial charge in [-0.25, -0.2) is 4.39 Å². The van der Waals surface area contributed by atoms with Crippen LogP contribution in [0.2, 0.25) is 0 Å². The lowest BCUT2D eigenvalue weighted by Crippen LogP contribution is -2.60. The van der Waals surface area contributed by atoms with Gasteiger partial charge in [-0.3, -0.25) is 14.4 Å². The number of hydrogen-bond donors (Lipinski definition) is 2. The van der Waals surface area contributed by atoms with Crippen LogP contribution in [0.4, 0.5) is 4.39 Å². The first-order chi connectivity index (χ1) is 18.0. The standard InChI is InChI=1S/C29H37FN4O4/c1-28(2,31)26(36)32-24(18-38-17-20-10-12-22(30)13-11-20)25(35)34-15-7-14-29(19-34)23(16-33(3)27(29)37)21-8-5-4-6-9-21/h4-6,8-13,23-24H,7,14-19,31H2,1-3H3,(H,32,36)/t23-,24-,29-/m1/s1. The highest BCUT2D eigenvalue weighted by molar-refractivity contribution is 5.92. The average molecular weight is 525 g/mol. The lowest BCUT2D eigenvalue weighted by atomic mass is 9.69. The molecule has 3 amide bonds. The van der Waals surface area contributed by atoms with E-state index in [1.807, 2.05) is 37.4 Å². The minimum atomic E-state index is -1.19. The van der Waals surface area contributed by atoms with Crippen molar-refractivity contribution in [3.05, 3.63) is 71.5 Å². The Labute approximate surface area is 223 Å². The molecule has 38 heavy (non-hydrogen) atoms. The second kappa shape index (κ2) is 11.2. The van der Waals surface area contributed by atoms with Crippen molar-refractivity contribution in [1.29, 1.82) is 0 Å². The monoisotopic (exact) mass is 524 g/mol. The second-order valence-electron chi connectivity index (χ2n) is 11.1. The molecule has 8 nitrogen and oxygen atoms in total. The molecule has 9 heteroatoms. The maximum Gasteiger partial charge on any atom is 0.247 e. The number of piperidine rings is 1. The van der Waals surface area contributed by atoms with E-state index >= 15 is 0 Å². The first kappa shape index (κ1) is 27.7. The Morgan fingerprint density at radius 3 is 2.53 bits per heavy atom. The van der Waals surface area contributed by atoms with Crippen molar-refractivity contribution in [3.8, 4) is 0 Å². The van der Waals surface area contributed by atoms with E-state index in [1.165, 1.54) is 12.1 Å². The van der Waals surface area contributed by atoms with Gasteiger partial charge in [0.15, 0.2) is 0 Å². The zero-order valence-corrected chi connectivity index (χ0v) is 22.3. The highest BCUT2D eigenvalue weighted by atomic mass is 19.1. The summed E-state index contributed by atoms with van der Waals surface area (Å²) in [6, 6.07) is 14.9. The molecule has 2 aliphatic heterocycles. The summed E-state index contributed by atoms with van der Waals surface area (Å²) in [4.78, 5) is 43.5. The Bertz CT molecular complexity index is 1150. The summed E-state index contributed by atoms with van der Waals surface area (Å²) in [6.07, 6.45) is 1.36. The van der Waals surface area contributed by atoms with Crippen molar-refractivity contribution < 1.29 is 23.5 Å². The number of nitrogens with zero attached hydrogens (tertiary/aromatic N) is 2. The molecule has 0 saturated carbocycles. The summed E-state index contributed by atoms with van der Waals surface area (Å²) in [7, 11) is 1.81. The summed E-state index contributed by atoms with van der Waals surface area (Å²) in [5.74, 6) is -1.14. The number of likely N-dealkylation sites (N-methyl/N-ethyl adjacent to an activating group) is 1. The highest BCUT2D eigenvalue weighted by Crippen LogP contribution is 2.49. The Kier molecular flexibility index (Phi) is 8.18. The maximum atomic E-state index is 13.8. The van der Waals surface area contributed by atoms with Gasteiger partial charge in [-0.2, -0.15) is 0 Å². The van der Waals surface area contributed by atoms with Crippen LogP contribution in [-0.4, -0.2) is 72.4 Å². The minimum absolute atomic E-state index is 0.0393. The first-order valence-electron chi connectivity index (χ1n) is 13.0. The molecule has 2 heterocycles. The average Bonchev–Trinajstić information content (AvgIpc) is 3.13. The van der Waals surface area contributed by atoms with Crippen molar-refractivity contribution in [2.24, 2.45) is 11.1 Å². The van der Waals surface area contributed by atoms with Gasteiger partial charge in [0.25, 0.3) is 0 Å². The van der Waals surface area contributed by atoms with Crippen molar-refractivity contribution in [2.45, 2.75) is 50.8 Å². The molecule has 3 N–H and O–H groups in total. The van der Waals surface area contributed by atoms with E-state index in [0.29, 0.717) is 25.9 Å². The van der Waals surface area contributed by atoms with Gasteiger partial charge in [-0.05, 0) is 49.9 Å². The third-order valence-corrected chi connectivity index (χ3v) is 7.59. The van der Waals surface area contributed by atoms with Crippen LogP contribution < -0.4 is 11.1 Å². The van der Waals surface area contributed by atoms with Gasteiger partial charge in [0.2, 0.25) is 17.7 Å². The Balaban J connectivity index is 1.53. The molecule has 4 rings (SSSR count). The summed E-state index contributed by atoms with van der Waals surface area (Å²) in [6.45, 7) is 4.54. The number of benzene rings is 2. The van der Waals surface area contributed by atoms with Crippen LogP contribution in [0.5, 0.6) is 0 Å². The number of nitrogens with one attached hydrogen (secondary N) is 1. The van der Waals surface area contributed by atoms with Crippen LogP contribution in [0, 0.1) is 11.2 Å². The van der Waals surface area contributed by atoms with Crippen LogP contribution in [0.1, 0.15) is 43.7 Å². The maximum absolute atomic E-state index is 13.8. The van der Waals surface area contributed by atoms with E-state index in [9.17, 15) is 18.8 Å². The molecule has 2 saturated heterocycles. The number of hydrogen-bond acceptors (Lipinski definition) is 5. The zero-order chi connectivity index (χ0) is 27.5. The number of rotatable bonds is 8. The van der Waals surface area contributed by atoms with Gasteiger partial charge in [0.05, 0.1) is 24.2 Å². The molecule has 2 aliphatic rings. The summed E-state index contributed by atoms with van der Waals surface area (Å²) in [5.41, 5.74) is 5.89. The van der Waals surface area contributed by atoms with Crippen molar-refractivity contribution >= 4 is 17.7 Å². The van der Waals surface area contributed by atoms with E-state index in [2.05, 4.69) is 5.32 Å². The molecule has 0 aromatic heterocycles. The lowest BCUT2D eigenvalue weighted by Gasteiger charge is -2.43. The number of carbonyl (C=O) groups excluding carboxylic acids is 3. The number of carbonyl (C=O) groups is 3. The van der Waals surface area contributed by atoms with Crippen molar-refractivity contribution in [1.82, 2.24) is 15.1 Å². The molecule has 0 bridgehead atoms. The lowest BCUT2D eigenvalue weighted by molar-refractivity contribution is -0.147. The van der Waals surface area contributed by atoms with Crippen molar-refractivity contribution in [3.63, 3.8) is 0 Å². The van der Waals surface area contributed by atoms with E-state index in [-0.39, 0.29) is 43.3 Å². The summed E-state index contributed by atoms with van der Waals surface area (Å²) >= 11 is 0. The second-order valence-corrected chi connectivity index (χ2v) is 11.1. The van der Waals surface area contributed by atoms with Gasteiger partial charge in [-0.15, -0.1) is 0 Å². The minimum Gasteiger partial charge on any atom is -0.374 e. The Hall–Kier alpha value is -3.30. The number of likely N-dealkylation sites (tertiary alicyclic amines) is 2. The molecule has 2 fully saturated rings. The molecule has 0 unspecified atom stereocenters. The smallest absolute Gasteiger partial charge is 0.247 e. The largest absolute Gasteiger partial charge is 0.374 e. The normalized spacial score (nSPS) is 22.6. The molecule has 1 spiro atoms. The van der Waals surface area contributed by atoms with Gasteiger partial charge >= 0.3 is 0 Å². The topological polar surface area (TPSA) is 105 Å². The van der Waals surface area contributed by atoms with E-state index < -0.39 is 22.9 Å². The third kappa shape index (κ3) is 5.89. The van der Waals surface area contributed by atoms with Crippen LogP contribution in [-0.2, 0) is 25.7 Å². The SMILES string of the molecule is CN1C[C@H](c2ccccc2)[C@]2(CCCN(C(=O)[C@@H](COCc3ccc(F)cc3)NC(=O)C(C)(C)N)C2)C1=O. The van der Waals surface area contributed by atoms with E-state index in [4.69, 9.17) is 10.5 Å². The molecule has 2 aromatic carbocycles. The molecule has 2 aromatic rings. The van der Waals surface area contributed by atoms with Crippen LogP contribution in [0.25, 0.3) is 0 Å². The molecule has 0 radical (unpaired) electrons. The number of ether oxygens (including phenoxy) is 1. The molecule has 204 valence electrons. The molecular weight excluding hydrogens is 487 g/mol. The summed E-state index contributed by atoms with van der Waals surface area (Å²) in [5, 5.41) is 2.76. The molecular formula is C29H37FN4O4. The third-order valence-electron chi connectivity index (χ3n) is 7.59. The predicted octanol–water partition coefficient (Wildman–Crippen LogP) is 2.43. The number of amides is 3. The van der Waals surface area contributed by atoms with Gasteiger partial charge in [0.1, 0.15) is 11.9 Å². The fourth-order valence-corrected chi connectivity index (χ4v) is 5.52. The van der Waals surface area contributed by atoms with Gasteiger partial charge in [0, 0.05) is 32.6 Å². The van der Waals surface area contributed by atoms with Crippen molar-refractivity contribution in [2.75, 3.05) is 33.3 Å². The van der Waals surface area contributed by atoms with Crippen LogP contribution in [0.15, 0.2) is 54.6 Å². The predicted molar refractivity (Wildman–Crippen MR) is 141 cm³/mol. The fourth-order valence-electron chi connectivity index (χ4n) is 5.52. The van der Waals surface area contributed by atoms with Crippen LogP contribution >= 0.6 is 0 Å². The Morgan fingerprint density at radius 1 is 1.18 bits per heavy atom. The van der Waals surface area contributed by atoms with Gasteiger partial charge in [-0.1, -0.05) is 42.5 Å². The zero-order valence-electron chi connectivity index (χ0n) is 22.3. The van der Waals surface area contributed by atoms with Gasteiger partial charge < -0.3 is 25.6 Å². The quantitative estimate of drug-likeness (QED) is 0.552. The highest BCUT2D eigenvalue weighted by Gasteiger charge is 2.55.